The molecule has 1 aliphatic rings. The van der Waals surface area contributed by atoms with E-state index in [0.717, 1.165) is 24.0 Å². The summed E-state index contributed by atoms with van der Waals surface area (Å²) < 4.78 is 0. The van der Waals surface area contributed by atoms with Crippen molar-refractivity contribution >= 4 is 5.91 Å². The molecule has 0 aliphatic heterocycles. The highest BCUT2D eigenvalue weighted by molar-refractivity contribution is 5.77. The van der Waals surface area contributed by atoms with Crippen molar-refractivity contribution in [2.45, 2.75) is 38.0 Å². The normalized spacial score (nSPS) is 15.3. The van der Waals surface area contributed by atoms with Crippen LogP contribution in [0.2, 0.25) is 0 Å². The zero-order chi connectivity index (χ0) is 15.4. The second-order valence-electron chi connectivity index (χ2n) is 5.74. The van der Waals surface area contributed by atoms with Gasteiger partial charge in [0.2, 0.25) is 5.91 Å². The summed E-state index contributed by atoms with van der Waals surface area (Å²) in [5, 5.41) is 10.3. The highest BCUT2D eigenvalue weighted by atomic mass is 16.3. The summed E-state index contributed by atoms with van der Waals surface area (Å²) in [6, 6.07) is 13.5. The number of hydrogen-bond donors (Lipinski definition) is 1. The summed E-state index contributed by atoms with van der Waals surface area (Å²) in [6.07, 6.45) is 4.97. The van der Waals surface area contributed by atoms with Crippen molar-refractivity contribution in [2.75, 3.05) is 0 Å². The molecular weight excluding hydrogens is 276 g/mol. The van der Waals surface area contributed by atoms with Crippen LogP contribution in [0.15, 0.2) is 54.9 Å². The molecule has 22 heavy (non-hydrogen) atoms. The van der Waals surface area contributed by atoms with Gasteiger partial charge in [-0.1, -0.05) is 30.3 Å². The molecule has 0 radical (unpaired) electrons. The van der Waals surface area contributed by atoms with Gasteiger partial charge in [-0.3, -0.25) is 9.78 Å². The molecule has 1 N–H and O–H groups in total. The summed E-state index contributed by atoms with van der Waals surface area (Å²) in [4.78, 5) is 18.5. The molecule has 0 spiro atoms. The van der Waals surface area contributed by atoms with Gasteiger partial charge in [0.05, 0.1) is 12.5 Å². The molecule has 1 aliphatic carbocycles. The van der Waals surface area contributed by atoms with Crippen LogP contribution in [0.1, 0.15) is 36.5 Å². The number of amides is 1. The topological polar surface area (TPSA) is 53.4 Å². The minimum Gasteiger partial charge on any atom is -0.388 e. The number of aromatic nitrogens is 1. The highest BCUT2D eigenvalue weighted by Gasteiger charge is 2.33. The first-order valence-corrected chi connectivity index (χ1v) is 7.65. The van der Waals surface area contributed by atoms with E-state index < -0.39 is 6.10 Å². The lowest BCUT2D eigenvalue weighted by atomic mass is 10.1. The van der Waals surface area contributed by atoms with Gasteiger partial charge in [0.15, 0.2) is 0 Å². The Bertz CT molecular complexity index is 611. The van der Waals surface area contributed by atoms with Gasteiger partial charge in [0.1, 0.15) is 0 Å². The predicted molar refractivity (Wildman–Crippen MR) is 83.8 cm³/mol. The van der Waals surface area contributed by atoms with Gasteiger partial charge in [0, 0.05) is 25.0 Å². The van der Waals surface area contributed by atoms with Crippen molar-refractivity contribution in [3.8, 4) is 0 Å². The smallest absolute Gasteiger partial charge is 0.226 e. The summed E-state index contributed by atoms with van der Waals surface area (Å²) in [5.74, 6) is 0.00988. The molecule has 1 aromatic carbocycles. The minimum absolute atomic E-state index is 0.00988. The quantitative estimate of drug-likeness (QED) is 0.891. The Labute approximate surface area is 130 Å². The van der Waals surface area contributed by atoms with Crippen LogP contribution in [-0.2, 0) is 11.3 Å². The Morgan fingerprint density at radius 3 is 2.50 bits per heavy atom. The molecule has 1 aromatic heterocycles. The number of aliphatic hydroxyl groups is 1. The Morgan fingerprint density at radius 1 is 1.18 bits per heavy atom. The molecule has 3 rings (SSSR count). The van der Waals surface area contributed by atoms with Crippen LogP contribution in [0.4, 0.5) is 0 Å². The van der Waals surface area contributed by atoms with E-state index in [0.29, 0.717) is 12.6 Å². The fraction of sp³-hybridized carbons (Fsp3) is 0.333. The maximum atomic E-state index is 12.6. The lowest BCUT2D eigenvalue weighted by molar-refractivity contribution is -0.134. The molecule has 1 amide bonds. The largest absolute Gasteiger partial charge is 0.388 e. The van der Waals surface area contributed by atoms with Gasteiger partial charge < -0.3 is 10.0 Å². The Morgan fingerprint density at radius 2 is 1.86 bits per heavy atom. The summed E-state index contributed by atoms with van der Waals surface area (Å²) in [6.45, 7) is 0.591. The minimum atomic E-state index is -0.743. The number of pyridine rings is 1. The molecule has 2 aromatic rings. The molecule has 0 bridgehead atoms. The SMILES string of the molecule is O=C(CC(O)c1ccccc1)N(Cc1ccncc1)C1CC1. The Kier molecular flexibility index (Phi) is 4.49. The maximum absolute atomic E-state index is 12.6. The second-order valence-corrected chi connectivity index (χ2v) is 5.74. The lowest BCUT2D eigenvalue weighted by Gasteiger charge is -2.24. The van der Waals surface area contributed by atoms with Crippen LogP contribution < -0.4 is 0 Å². The van der Waals surface area contributed by atoms with Gasteiger partial charge in [-0.25, -0.2) is 0 Å². The first-order chi connectivity index (χ1) is 10.7. The van der Waals surface area contributed by atoms with Crippen LogP contribution in [0.3, 0.4) is 0 Å². The summed E-state index contributed by atoms with van der Waals surface area (Å²) in [7, 11) is 0. The fourth-order valence-corrected chi connectivity index (χ4v) is 2.57. The van der Waals surface area contributed by atoms with E-state index in [4.69, 9.17) is 0 Å². The van der Waals surface area contributed by atoms with Crippen molar-refractivity contribution in [1.29, 1.82) is 0 Å². The number of aliphatic hydroxyl groups excluding tert-OH is 1. The monoisotopic (exact) mass is 296 g/mol. The van der Waals surface area contributed by atoms with Crippen molar-refractivity contribution in [2.24, 2.45) is 0 Å². The van der Waals surface area contributed by atoms with Crippen molar-refractivity contribution in [3.63, 3.8) is 0 Å². The van der Waals surface area contributed by atoms with Crippen LogP contribution >= 0.6 is 0 Å². The van der Waals surface area contributed by atoms with Gasteiger partial charge >= 0.3 is 0 Å². The molecular formula is C18H20N2O2. The van der Waals surface area contributed by atoms with E-state index >= 15 is 0 Å². The zero-order valence-electron chi connectivity index (χ0n) is 12.4. The standard InChI is InChI=1S/C18H20N2O2/c21-17(15-4-2-1-3-5-15)12-18(22)20(16-6-7-16)13-14-8-10-19-11-9-14/h1-5,8-11,16-17,21H,6-7,12-13H2. The van der Waals surface area contributed by atoms with Gasteiger partial charge in [-0.15, -0.1) is 0 Å². The third kappa shape index (κ3) is 3.71. The highest BCUT2D eigenvalue weighted by Crippen LogP contribution is 2.30. The second kappa shape index (κ2) is 6.71. The van der Waals surface area contributed by atoms with Gasteiger partial charge in [-0.2, -0.15) is 0 Å². The molecule has 0 saturated heterocycles. The van der Waals surface area contributed by atoms with E-state index in [2.05, 4.69) is 4.98 Å². The number of hydrogen-bond acceptors (Lipinski definition) is 3. The Balaban J connectivity index is 1.65. The molecule has 114 valence electrons. The molecule has 1 heterocycles. The van der Waals surface area contributed by atoms with Crippen molar-refractivity contribution in [1.82, 2.24) is 9.88 Å². The maximum Gasteiger partial charge on any atom is 0.226 e. The summed E-state index contributed by atoms with van der Waals surface area (Å²) >= 11 is 0. The van der Waals surface area contributed by atoms with E-state index in [9.17, 15) is 9.90 Å². The average Bonchev–Trinajstić information content (AvgIpc) is 3.39. The van der Waals surface area contributed by atoms with Crippen molar-refractivity contribution < 1.29 is 9.90 Å². The number of carbonyl (C=O) groups is 1. The first kappa shape index (κ1) is 14.7. The molecule has 1 saturated carbocycles. The number of nitrogens with zero attached hydrogens (tertiary/aromatic N) is 2. The number of benzene rings is 1. The van der Waals surface area contributed by atoms with Gasteiger partial charge in [-0.05, 0) is 36.1 Å². The van der Waals surface area contributed by atoms with E-state index in [-0.39, 0.29) is 12.3 Å². The van der Waals surface area contributed by atoms with Gasteiger partial charge in [0.25, 0.3) is 0 Å². The lowest BCUT2D eigenvalue weighted by Crippen LogP contribution is -2.33. The van der Waals surface area contributed by atoms with Crippen LogP contribution in [0.25, 0.3) is 0 Å². The van der Waals surface area contributed by atoms with Crippen LogP contribution in [-0.4, -0.2) is 26.9 Å². The van der Waals surface area contributed by atoms with E-state index in [1.54, 1.807) is 12.4 Å². The molecule has 4 heteroatoms. The number of carbonyl (C=O) groups excluding carboxylic acids is 1. The third-order valence-corrected chi connectivity index (χ3v) is 3.96. The van der Waals surface area contributed by atoms with E-state index in [1.807, 2.05) is 47.4 Å². The fourth-order valence-electron chi connectivity index (χ4n) is 2.57. The average molecular weight is 296 g/mol. The molecule has 1 fully saturated rings. The van der Waals surface area contributed by atoms with Crippen molar-refractivity contribution in [3.05, 3.63) is 66.0 Å². The predicted octanol–water partition coefficient (Wildman–Crippen LogP) is 2.70. The third-order valence-electron chi connectivity index (χ3n) is 3.96. The van der Waals surface area contributed by atoms with E-state index in [1.165, 1.54) is 0 Å². The first-order valence-electron chi connectivity index (χ1n) is 7.65. The van der Waals surface area contributed by atoms with Crippen LogP contribution in [0.5, 0.6) is 0 Å². The summed E-state index contributed by atoms with van der Waals surface area (Å²) in [5.41, 5.74) is 1.86. The van der Waals surface area contributed by atoms with Crippen LogP contribution in [0, 0.1) is 0 Å². The zero-order valence-corrected chi connectivity index (χ0v) is 12.4. The number of rotatable bonds is 6. The Hall–Kier alpha value is -2.20. The molecule has 4 nitrogen and oxygen atoms in total. The molecule has 1 atom stereocenters. The molecule has 1 unspecified atom stereocenters.